The van der Waals surface area contributed by atoms with E-state index in [4.69, 9.17) is 23.7 Å². The third-order valence-electron chi connectivity index (χ3n) is 8.82. The molecule has 12 heteroatoms. The first kappa shape index (κ1) is 32.3. The summed E-state index contributed by atoms with van der Waals surface area (Å²) in [4.78, 5) is 38.8. The number of aliphatic carboxylic acids is 1. The highest BCUT2D eigenvalue weighted by Gasteiger charge is 2.59. The fourth-order valence-electron chi connectivity index (χ4n) is 6.53. The number of rotatable bonds is 12. The molecule has 246 valence electrons. The number of carboxylic acids is 1. The first-order valence-electron chi connectivity index (χ1n) is 15.5. The van der Waals surface area contributed by atoms with E-state index in [0.29, 0.717) is 12.2 Å². The molecule has 2 fully saturated rings. The summed E-state index contributed by atoms with van der Waals surface area (Å²) in [5, 5.41) is 13.8. The SMILES string of the molecule is CCC(CC1(C)O[C@@H]2[C@H](O1)[C@@H](COC(c1ccccc1)(c1ccccc1)c1ccc(OC)cc1)O[C@H]2n1ncc(=O)[nH]c1=O)C(=O)O. The Labute approximate surface area is 270 Å². The number of carboxylic acid groups (broad SMARTS) is 1. The van der Waals surface area contributed by atoms with Gasteiger partial charge in [-0.3, -0.25) is 14.6 Å². The lowest BCUT2D eigenvalue weighted by atomic mass is 9.80. The fourth-order valence-corrected chi connectivity index (χ4v) is 6.53. The van der Waals surface area contributed by atoms with E-state index in [0.717, 1.165) is 27.6 Å². The van der Waals surface area contributed by atoms with E-state index in [1.807, 2.05) is 84.9 Å². The van der Waals surface area contributed by atoms with Crippen LogP contribution in [-0.2, 0) is 29.3 Å². The second kappa shape index (κ2) is 13.2. The molecule has 6 rings (SSSR count). The van der Waals surface area contributed by atoms with E-state index in [1.54, 1.807) is 21.0 Å². The number of hydrogen-bond donors (Lipinski definition) is 2. The summed E-state index contributed by atoms with van der Waals surface area (Å²) in [5.41, 5.74) is 0.0110. The van der Waals surface area contributed by atoms with Crippen LogP contribution in [0.2, 0.25) is 0 Å². The predicted molar refractivity (Wildman–Crippen MR) is 169 cm³/mol. The lowest BCUT2D eigenvalue weighted by molar-refractivity contribution is -0.224. The quantitative estimate of drug-likeness (QED) is 0.218. The monoisotopic (exact) mass is 643 g/mol. The molecule has 0 amide bonds. The van der Waals surface area contributed by atoms with Crippen molar-refractivity contribution in [2.75, 3.05) is 13.7 Å². The molecular weight excluding hydrogens is 606 g/mol. The number of nitrogens with zero attached hydrogens (tertiary/aromatic N) is 2. The van der Waals surface area contributed by atoms with Gasteiger partial charge in [-0.05, 0) is 42.2 Å². The highest BCUT2D eigenvalue weighted by Crippen LogP contribution is 2.47. The first-order valence-corrected chi connectivity index (χ1v) is 15.5. The van der Waals surface area contributed by atoms with E-state index in [1.165, 1.54) is 0 Å². The van der Waals surface area contributed by atoms with Crippen LogP contribution in [0.15, 0.2) is 101 Å². The molecule has 2 N–H and O–H groups in total. The summed E-state index contributed by atoms with van der Waals surface area (Å²) >= 11 is 0. The number of carbonyl (C=O) groups is 1. The zero-order valence-electron chi connectivity index (χ0n) is 26.3. The lowest BCUT2D eigenvalue weighted by Gasteiger charge is -2.37. The van der Waals surface area contributed by atoms with Crippen LogP contribution in [0.1, 0.15) is 49.6 Å². The lowest BCUT2D eigenvalue weighted by Crippen LogP contribution is -2.41. The van der Waals surface area contributed by atoms with Gasteiger partial charge in [-0.25, -0.2) is 4.79 Å². The topological polar surface area (TPSA) is 151 Å². The number of hydrogen-bond acceptors (Lipinski definition) is 9. The minimum absolute atomic E-state index is 0.0266. The minimum atomic E-state index is -1.30. The molecule has 2 saturated heterocycles. The third kappa shape index (κ3) is 6.24. The summed E-state index contributed by atoms with van der Waals surface area (Å²) in [6, 6.07) is 27.3. The van der Waals surface area contributed by atoms with Crippen molar-refractivity contribution in [1.82, 2.24) is 14.8 Å². The molecule has 12 nitrogen and oxygen atoms in total. The maximum atomic E-state index is 12.9. The molecule has 2 aliphatic heterocycles. The van der Waals surface area contributed by atoms with Crippen molar-refractivity contribution in [3.63, 3.8) is 0 Å². The predicted octanol–water partition coefficient (Wildman–Crippen LogP) is 3.85. The van der Waals surface area contributed by atoms with Gasteiger partial charge in [-0.2, -0.15) is 9.78 Å². The number of aromatic amines is 1. The molecule has 47 heavy (non-hydrogen) atoms. The van der Waals surface area contributed by atoms with E-state index in [9.17, 15) is 19.5 Å². The van der Waals surface area contributed by atoms with Gasteiger partial charge >= 0.3 is 11.7 Å². The number of methoxy groups -OCH3 is 1. The van der Waals surface area contributed by atoms with Gasteiger partial charge in [0.2, 0.25) is 0 Å². The Morgan fingerprint density at radius 3 is 2.13 bits per heavy atom. The zero-order chi connectivity index (χ0) is 33.2. The molecule has 6 atom stereocenters. The Hall–Kier alpha value is -4.62. The smallest absolute Gasteiger partial charge is 0.347 e. The van der Waals surface area contributed by atoms with Crippen molar-refractivity contribution < 1.29 is 33.6 Å². The molecule has 3 heterocycles. The number of benzene rings is 3. The van der Waals surface area contributed by atoms with Gasteiger partial charge in [-0.15, -0.1) is 0 Å². The Kier molecular flexibility index (Phi) is 9.11. The number of fused-ring (bicyclic) bond motifs is 1. The molecule has 0 radical (unpaired) electrons. The van der Waals surface area contributed by atoms with Gasteiger partial charge in [-0.1, -0.05) is 79.7 Å². The van der Waals surface area contributed by atoms with Crippen molar-refractivity contribution in [3.05, 3.63) is 129 Å². The van der Waals surface area contributed by atoms with Crippen LogP contribution in [-0.4, -0.2) is 63.7 Å². The van der Waals surface area contributed by atoms with Crippen molar-refractivity contribution in [2.45, 2.75) is 62.6 Å². The highest BCUT2D eigenvalue weighted by molar-refractivity contribution is 5.70. The van der Waals surface area contributed by atoms with Gasteiger partial charge in [0, 0.05) is 6.42 Å². The summed E-state index contributed by atoms with van der Waals surface area (Å²) in [6.45, 7) is 3.45. The summed E-state index contributed by atoms with van der Waals surface area (Å²) < 4.78 is 32.7. The molecular formula is C35H37N3O9. The molecule has 4 aromatic rings. The Morgan fingerprint density at radius 1 is 0.979 bits per heavy atom. The van der Waals surface area contributed by atoms with Crippen LogP contribution < -0.4 is 16.0 Å². The molecule has 0 saturated carbocycles. The normalized spacial score (nSPS) is 24.5. The second-order valence-corrected chi connectivity index (χ2v) is 11.8. The van der Waals surface area contributed by atoms with E-state index in [-0.39, 0.29) is 13.0 Å². The standard InChI is InChI=1S/C35H37N3O9/c1-4-22(32(40)41)19-34(2)46-29-27(45-31(30(29)47-34)38-33(42)37-28(39)20-36-38)21-44-35(23-11-7-5-8-12-23,24-13-9-6-10-14-24)25-15-17-26(43-3)18-16-25/h5-18,20,22,27,29-31H,4,19,21H2,1-3H3,(H,40,41)(H,37,39,42)/t22?,27-,29-,30-,31-,34?/m1/s1. The first-order chi connectivity index (χ1) is 22.7. The maximum Gasteiger partial charge on any atom is 0.347 e. The van der Waals surface area contributed by atoms with Crippen LogP contribution in [0.3, 0.4) is 0 Å². The highest BCUT2D eigenvalue weighted by atomic mass is 16.8. The number of nitrogens with one attached hydrogen (secondary N) is 1. The summed E-state index contributed by atoms with van der Waals surface area (Å²) in [7, 11) is 1.61. The van der Waals surface area contributed by atoms with E-state index in [2.05, 4.69) is 10.1 Å². The van der Waals surface area contributed by atoms with Crippen LogP contribution in [0.5, 0.6) is 5.75 Å². The average Bonchev–Trinajstić information content (AvgIpc) is 3.59. The fraction of sp³-hybridized carbons (Fsp3) is 0.371. The Morgan fingerprint density at radius 2 is 1.57 bits per heavy atom. The summed E-state index contributed by atoms with van der Waals surface area (Å²) in [5.74, 6) is -2.29. The van der Waals surface area contributed by atoms with Crippen LogP contribution in [0.4, 0.5) is 0 Å². The number of H-pyrrole nitrogens is 1. The molecule has 0 bridgehead atoms. The molecule has 2 unspecified atom stereocenters. The van der Waals surface area contributed by atoms with E-state index < -0.39 is 59.1 Å². The average molecular weight is 644 g/mol. The van der Waals surface area contributed by atoms with Crippen molar-refractivity contribution in [1.29, 1.82) is 0 Å². The third-order valence-corrected chi connectivity index (χ3v) is 8.82. The van der Waals surface area contributed by atoms with Crippen molar-refractivity contribution in [3.8, 4) is 5.75 Å². The number of ether oxygens (including phenoxy) is 5. The molecule has 3 aromatic carbocycles. The minimum Gasteiger partial charge on any atom is -0.497 e. The van der Waals surface area contributed by atoms with Crippen molar-refractivity contribution in [2.24, 2.45) is 5.92 Å². The second-order valence-electron chi connectivity index (χ2n) is 11.8. The Bertz CT molecular complexity index is 1760. The van der Waals surface area contributed by atoms with Crippen LogP contribution in [0.25, 0.3) is 0 Å². The zero-order valence-corrected chi connectivity index (χ0v) is 26.3. The molecule has 2 aliphatic rings. The van der Waals surface area contributed by atoms with Gasteiger partial charge in [0.1, 0.15) is 35.9 Å². The van der Waals surface area contributed by atoms with Gasteiger partial charge in [0.05, 0.1) is 19.6 Å². The molecule has 0 spiro atoms. The van der Waals surface area contributed by atoms with Crippen LogP contribution >= 0.6 is 0 Å². The van der Waals surface area contributed by atoms with Gasteiger partial charge < -0.3 is 28.8 Å². The summed E-state index contributed by atoms with van der Waals surface area (Å²) in [6.07, 6.45) is -2.08. The van der Waals surface area contributed by atoms with Gasteiger partial charge in [0.15, 0.2) is 12.0 Å². The Balaban J connectivity index is 1.41. The van der Waals surface area contributed by atoms with Gasteiger partial charge in [0.25, 0.3) is 5.56 Å². The number of aromatic nitrogens is 3. The molecule has 1 aromatic heterocycles. The largest absolute Gasteiger partial charge is 0.497 e. The maximum absolute atomic E-state index is 12.9. The van der Waals surface area contributed by atoms with Crippen molar-refractivity contribution >= 4 is 5.97 Å². The van der Waals surface area contributed by atoms with Crippen LogP contribution in [0, 0.1) is 5.92 Å². The van der Waals surface area contributed by atoms with E-state index >= 15 is 0 Å². The molecule has 0 aliphatic carbocycles.